The molecule has 4 aromatic rings. The van der Waals surface area contributed by atoms with E-state index in [1.54, 1.807) is 34.9 Å². The third kappa shape index (κ3) is 3.56. The van der Waals surface area contributed by atoms with E-state index in [9.17, 15) is 10.1 Å². The van der Waals surface area contributed by atoms with E-state index in [4.69, 9.17) is 15.2 Å². The maximum absolute atomic E-state index is 11.6. The normalized spacial score (nSPS) is 10.5. The summed E-state index contributed by atoms with van der Waals surface area (Å²) in [6, 6.07) is 24.5. The first-order valence-electron chi connectivity index (χ1n) is 9.32. The summed E-state index contributed by atoms with van der Waals surface area (Å²) in [7, 11) is 1.33. The number of fused-ring (bicyclic) bond motifs is 1. The summed E-state index contributed by atoms with van der Waals surface area (Å²) in [5, 5.41) is 11.8. The van der Waals surface area contributed by atoms with Gasteiger partial charge in [-0.1, -0.05) is 42.5 Å². The number of nitrogen functional groups attached to an aromatic ring is 1. The molecule has 30 heavy (non-hydrogen) atoms. The summed E-state index contributed by atoms with van der Waals surface area (Å²) < 4.78 is 12.5. The summed E-state index contributed by atoms with van der Waals surface area (Å²) in [6.45, 7) is 0.428. The van der Waals surface area contributed by atoms with Crippen LogP contribution in [0, 0.1) is 11.3 Å². The lowest BCUT2D eigenvalue weighted by Crippen LogP contribution is -2.06. The molecule has 6 nitrogen and oxygen atoms in total. The van der Waals surface area contributed by atoms with Crippen molar-refractivity contribution in [2.45, 2.75) is 6.54 Å². The molecule has 0 saturated carbocycles. The molecule has 0 atom stereocenters. The fourth-order valence-electron chi connectivity index (χ4n) is 3.41. The Labute approximate surface area is 173 Å². The Bertz CT molecular complexity index is 1260. The van der Waals surface area contributed by atoms with Crippen LogP contribution in [-0.2, 0) is 11.3 Å². The minimum atomic E-state index is -0.424. The Morgan fingerprint density at radius 2 is 1.80 bits per heavy atom. The van der Waals surface area contributed by atoms with E-state index in [0.29, 0.717) is 35.1 Å². The Morgan fingerprint density at radius 1 is 1.07 bits per heavy atom. The van der Waals surface area contributed by atoms with Gasteiger partial charge in [0.15, 0.2) is 0 Å². The molecular weight excluding hydrogens is 378 g/mol. The van der Waals surface area contributed by atoms with Crippen molar-refractivity contribution < 1.29 is 14.3 Å². The highest BCUT2D eigenvalue weighted by Crippen LogP contribution is 2.33. The molecule has 1 aromatic heterocycles. The second-order valence-corrected chi connectivity index (χ2v) is 6.74. The molecule has 0 saturated heterocycles. The van der Waals surface area contributed by atoms with E-state index in [0.717, 1.165) is 16.3 Å². The SMILES string of the molecule is COC(=O)c1ccc(Oc2c(N)cc(C#N)n2Cc2cccc3ccccc23)cc1. The van der Waals surface area contributed by atoms with Crippen molar-refractivity contribution in [3.8, 4) is 17.7 Å². The number of carbonyl (C=O) groups excluding carboxylic acids is 1. The fraction of sp³-hybridized carbons (Fsp3) is 0.0833. The molecule has 0 aliphatic carbocycles. The van der Waals surface area contributed by atoms with Gasteiger partial charge in [0.2, 0.25) is 5.88 Å². The molecule has 0 spiro atoms. The number of ether oxygens (including phenoxy) is 2. The maximum Gasteiger partial charge on any atom is 0.337 e. The fourth-order valence-corrected chi connectivity index (χ4v) is 3.41. The Kier molecular flexibility index (Phi) is 5.10. The molecule has 6 heteroatoms. The summed E-state index contributed by atoms with van der Waals surface area (Å²) in [5.41, 5.74) is 8.39. The molecule has 3 aromatic carbocycles. The largest absolute Gasteiger partial charge is 0.465 e. The molecule has 0 radical (unpaired) electrons. The second kappa shape index (κ2) is 8.02. The van der Waals surface area contributed by atoms with E-state index >= 15 is 0 Å². The number of nitrogens with two attached hydrogens (primary N) is 1. The molecule has 1 heterocycles. The van der Waals surface area contributed by atoms with Crippen LogP contribution in [0.25, 0.3) is 10.8 Å². The highest BCUT2D eigenvalue weighted by molar-refractivity contribution is 5.89. The van der Waals surface area contributed by atoms with E-state index in [-0.39, 0.29) is 0 Å². The van der Waals surface area contributed by atoms with Gasteiger partial charge in [-0.05, 0) is 40.6 Å². The van der Waals surface area contributed by atoms with Gasteiger partial charge in [-0.25, -0.2) is 4.79 Å². The Morgan fingerprint density at radius 3 is 2.53 bits per heavy atom. The predicted octanol–water partition coefficient (Wildman–Crippen LogP) is 4.72. The zero-order valence-electron chi connectivity index (χ0n) is 16.3. The smallest absolute Gasteiger partial charge is 0.337 e. The monoisotopic (exact) mass is 397 g/mol. The number of hydrogen-bond donors (Lipinski definition) is 1. The number of anilines is 1. The average molecular weight is 397 g/mol. The van der Waals surface area contributed by atoms with Gasteiger partial charge in [0.1, 0.15) is 17.5 Å². The van der Waals surface area contributed by atoms with Crippen LogP contribution in [0.1, 0.15) is 21.6 Å². The van der Waals surface area contributed by atoms with Crippen LogP contribution in [0.15, 0.2) is 72.8 Å². The van der Waals surface area contributed by atoms with Crippen LogP contribution in [0.5, 0.6) is 11.6 Å². The molecule has 4 rings (SSSR count). The van der Waals surface area contributed by atoms with Crippen molar-refractivity contribution in [1.82, 2.24) is 4.57 Å². The molecule has 0 aliphatic rings. The van der Waals surface area contributed by atoms with Gasteiger partial charge >= 0.3 is 5.97 Å². The number of nitriles is 1. The summed E-state index contributed by atoms with van der Waals surface area (Å²) in [6.07, 6.45) is 0. The van der Waals surface area contributed by atoms with Gasteiger partial charge in [0.25, 0.3) is 0 Å². The Hall–Kier alpha value is -4.24. The molecule has 0 unspecified atom stereocenters. The molecule has 0 bridgehead atoms. The molecule has 0 amide bonds. The maximum atomic E-state index is 11.6. The van der Waals surface area contributed by atoms with E-state index in [2.05, 4.69) is 12.1 Å². The van der Waals surface area contributed by atoms with Crippen LogP contribution >= 0.6 is 0 Å². The van der Waals surface area contributed by atoms with Crippen molar-refractivity contribution >= 4 is 22.4 Å². The highest BCUT2D eigenvalue weighted by Gasteiger charge is 2.17. The third-order valence-corrected chi connectivity index (χ3v) is 4.89. The summed E-state index contributed by atoms with van der Waals surface area (Å²) >= 11 is 0. The highest BCUT2D eigenvalue weighted by atomic mass is 16.5. The number of esters is 1. The number of benzene rings is 3. The van der Waals surface area contributed by atoms with Crippen molar-refractivity contribution in [1.29, 1.82) is 5.26 Å². The lowest BCUT2D eigenvalue weighted by Gasteiger charge is -2.14. The number of rotatable bonds is 5. The predicted molar refractivity (Wildman–Crippen MR) is 114 cm³/mol. The zero-order chi connectivity index (χ0) is 21.1. The minimum absolute atomic E-state index is 0.365. The average Bonchev–Trinajstić information content (AvgIpc) is 3.08. The van der Waals surface area contributed by atoms with Crippen molar-refractivity contribution in [2.75, 3.05) is 12.8 Å². The zero-order valence-corrected chi connectivity index (χ0v) is 16.3. The molecular formula is C24H19N3O3. The first kappa shape index (κ1) is 19.1. The first-order valence-corrected chi connectivity index (χ1v) is 9.32. The number of aromatic nitrogens is 1. The van der Waals surface area contributed by atoms with Crippen molar-refractivity contribution in [2.24, 2.45) is 0 Å². The summed E-state index contributed by atoms with van der Waals surface area (Å²) in [5.74, 6) is 0.452. The van der Waals surface area contributed by atoms with Crippen molar-refractivity contribution in [3.05, 3.63) is 89.6 Å². The molecule has 148 valence electrons. The molecule has 2 N–H and O–H groups in total. The van der Waals surface area contributed by atoms with Crippen molar-refractivity contribution in [3.63, 3.8) is 0 Å². The van der Waals surface area contributed by atoms with E-state index in [1.165, 1.54) is 7.11 Å². The number of carbonyl (C=O) groups is 1. The number of nitrogens with zero attached hydrogens (tertiary/aromatic N) is 2. The van der Waals surface area contributed by atoms with E-state index in [1.807, 2.05) is 36.4 Å². The van der Waals surface area contributed by atoms with Gasteiger partial charge in [-0.2, -0.15) is 5.26 Å². The van der Waals surface area contributed by atoms with Gasteiger partial charge in [-0.15, -0.1) is 0 Å². The summed E-state index contributed by atoms with van der Waals surface area (Å²) in [4.78, 5) is 11.6. The van der Waals surface area contributed by atoms with Crippen LogP contribution in [0.4, 0.5) is 5.69 Å². The van der Waals surface area contributed by atoms with Gasteiger partial charge in [0.05, 0.1) is 24.9 Å². The van der Waals surface area contributed by atoms with Crippen LogP contribution in [0.2, 0.25) is 0 Å². The number of hydrogen-bond acceptors (Lipinski definition) is 5. The Balaban J connectivity index is 1.71. The van der Waals surface area contributed by atoms with Crippen LogP contribution in [0.3, 0.4) is 0 Å². The second-order valence-electron chi connectivity index (χ2n) is 6.74. The van der Waals surface area contributed by atoms with Crippen LogP contribution < -0.4 is 10.5 Å². The van der Waals surface area contributed by atoms with Gasteiger partial charge < -0.3 is 15.2 Å². The molecule has 0 aliphatic heterocycles. The quantitative estimate of drug-likeness (QED) is 0.492. The number of methoxy groups -OCH3 is 1. The van der Waals surface area contributed by atoms with Gasteiger partial charge in [0, 0.05) is 6.07 Å². The lowest BCUT2D eigenvalue weighted by molar-refractivity contribution is 0.0600. The van der Waals surface area contributed by atoms with Crippen LogP contribution in [-0.4, -0.2) is 17.6 Å². The topological polar surface area (TPSA) is 90.3 Å². The first-order chi connectivity index (χ1) is 14.6. The minimum Gasteiger partial charge on any atom is -0.465 e. The standard InChI is InChI=1S/C24H19N3O3/c1-29-24(28)17-9-11-20(12-10-17)30-23-22(26)13-19(14-25)27(23)15-18-7-4-6-16-5-2-3-8-21(16)18/h2-13H,15,26H2,1H3. The van der Waals surface area contributed by atoms with Gasteiger partial charge in [-0.3, -0.25) is 4.57 Å². The molecule has 0 fully saturated rings. The lowest BCUT2D eigenvalue weighted by atomic mass is 10.0. The third-order valence-electron chi connectivity index (χ3n) is 4.89. The van der Waals surface area contributed by atoms with E-state index < -0.39 is 5.97 Å².